The van der Waals surface area contributed by atoms with Crippen LogP contribution in [-0.4, -0.2) is 21.9 Å². The standard InChI is InChI=1S/C7H7N.C2H3ClO2/c1-2-7-3-5-8-6-4-7;3-1-2(4)5/h2-6H,1H2;1H2,(H,4,5). The molecule has 0 amide bonds. The molecule has 0 fully saturated rings. The molecule has 0 aromatic carbocycles. The first-order valence-electron chi connectivity index (χ1n) is 3.51. The maximum atomic E-state index is 9.24. The van der Waals surface area contributed by atoms with Crippen molar-refractivity contribution in [3.05, 3.63) is 36.7 Å². The van der Waals surface area contributed by atoms with Gasteiger partial charge in [-0.15, -0.1) is 11.6 Å². The molecule has 0 saturated carbocycles. The van der Waals surface area contributed by atoms with Gasteiger partial charge in [0, 0.05) is 12.4 Å². The van der Waals surface area contributed by atoms with Gasteiger partial charge in [0.15, 0.2) is 0 Å². The average molecular weight is 200 g/mol. The second kappa shape index (κ2) is 7.31. The fourth-order valence-electron chi connectivity index (χ4n) is 0.500. The molecule has 0 atom stereocenters. The number of rotatable bonds is 2. The molecule has 4 heteroatoms. The van der Waals surface area contributed by atoms with Crippen molar-refractivity contribution in [2.24, 2.45) is 0 Å². The number of hydrogen-bond acceptors (Lipinski definition) is 2. The van der Waals surface area contributed by atoms with Gasteiger partial charge in [0.2, 0.25) is 0 Å². The Morgan fingerprint density at radius 2 is 2.08 bits per heavy atom. The maximum absolute atomic E-state index is 9.24. The van der Waals surface area contributed by atoms with Crippen molar-refractivity contribution in [1.29, 1.82) is 0 Å². The molecule has 0 aliphatic rings. The molecule has 1 N–H and O–H groups in total. The van der Waals surface area contributed by atoms with Gasteiger partial charge in [-0.3, -0.25) is 9.78 Å². The minimum absolute atomic E-state index is 0.306. The van der Waals surface area contributed by atoms with Gasteiger partial charge in [-0.1, -0.05) is 12.7 Å². The van der Waals surface area contributed by atoms with E-state index in [1.54, 1.807) is 18.5 Å². The molecule has 0 bridgehead atoms. The Morgan fingerprint density at radius 3 is 2.31 bits per heavy atom. The number of alkyl halides is 1. The topological polar surface area (TPSA) is 50.2 Å². The summed E-state index contributed by atoms with van der Waals surface area (Å²) >= 11 is 4.74. The lowest BCUT2D eigenvalue weighted by Gasteiger charge is -1.84. The monoisotopic (exact) mass is 199 g/mol. The van der Waals surface area contributed by atoms with Crippen molar-refractivity contribution in [2.45, 2.75) is 0 Å². The third-order valence-electron chi connectivity index (χ3n) is 1.06. The van der Waals surface area contributed by atoms with Crippen molar-refractivity contribution in [3.63, 3.8) is 0 Å². The number of nitrogens with zero attached hydrogens (tertiary/aromatic N) is 1. The number of hydrogen-bond donors (Lipinski definition) is 1. The van der Waals surface area contributed by atoms with Gasteiger partial charge in [-0.05, 0) is 17.7 Å². The summed E-state index contributed by atoms with van der Waals surface area (Å²) in [6, 6.07) is 3.82. The predicted molar refractivity (Wildman–Crippen MR) is 52.7 cm³/mol. The summed E-state index contributed by atoms with van der Waals surface area (Å²) in [6.07, 6.45) is 5.29. The fourth-order valence-corrected chi connectivity index (χ4v) is 0.500. The van der Waals surface area contributed by atoms with Crippen LogP contribution >= 0.6 is 11.6 Å². The molecule has 70 valence electrons. The van der Waals surface area contributed by atoms with E-state index >= 15 is 0 Å². The van der Waals surface area contributed by atoms with Crippen LogP contribution in [-0.2, 0) is 4.79 Å². The fraction of sp³-hybridized carbons (Fsp3) is 0.111. The van der Waals surface area contributed by atoms with E-state index in [-0.39, 0.29) is 5.88 Å². The van der Waals surface area contributed by atoms with Gasteiger partial charge in [0.1, 0.15) is 5.88 Å². The van der Waals surface area contributed by atoms with Crippen LogP contribution in [0.4, 0.5) is 0 Å². The minimum Gasteiger partial charge on any atom is -0.480 e. The number of pyridine rings is 1. The third kappa shape index (κ3) is 7.03. The van der Waals surface area contributed by atoms with Crippen molar-refractivity contribution in [1.82, 2.24) is 4.98 Å². The van der Waals surface area contributed by atoms with Crippen molar-refractivity contribution < 1.29 is 9.90 Å². The number of carboxylic acids is 1. The molecular formula is C9H10ClNO2. The smallest absolute Gasteiger partial charge is 0.318 e. The molecule has 0 saturated heterocycles. The molecule has 1 aromatic rings. The molecule has 0 radical (unpaired) electrons. The number of halogens is 1. The number of carbonyl (C=O) groups is 1. The van der Waals surface area contributed by atoms with Gasteiger partial charge >= 0.3 is 5.97 Å². The number of aliphatic carboxylic acids is 1. The molecule has 0 aliphatic heterocycles. The van der Waals surface area contributed by atoms with Gasteiger partial charge < -0.3 is 5.11 Å². The Hall–Kier alpha value is -1.35. The van der Waals surface area contributed by atoms with E-state index < -0.39 is 5.97 Å². The van der Waals surface area contributed by atoms with E-state index in [2.05, 4.69) is 11.6 Å². The third-order valence-corrected chi connectivity index (χ3v) is 1.28. The van der Waals surface area contributed by atoms with Crippen molar-refractivity contribution in [3.8, 4) is 0 Å². The lowest BCUT2D eigenvalue weighted by Crippen LogP contribution is -1.92. The molecule has 1 heterocycles. The Bertz CT molecular complexity index is 262. The van der Waals surface area contributed by atoms with E-state index in [4.69, 9.17) is 16.7 Å². The number of carboxylic acid groups (broad SMARTS) is 1. The second-order valence-corrected chi connectivity index (χ2v) is 2.28. The summed E-state index contributed by atoms with van der Waals surface area (Å²) in [5.41, 5.74) is 1.11. The van der Waals surface area contributed by atoms with E-state index in [0.717, 1.165) is 5.56 Å². The van der Waals surface area contributed by atoms with Gasteiger partial charge in [-0.2, -0.15) is 0 Å². The summed E-state index contributed by atoms with van der Waals surface area (Å²) in [5.74, 6) is -1.29. The van der Waals surface area contributed by atoms with E-state index in [1.807, 2.05) is 12.1 Å². The lowest BCUT2D eigenvalue weighted by atomic mass is 10.3. The van der Waals surface area contributed by atoms with Crippen LogP contribution < -0.4 is 0 Å². The van der Waals surface area contributed by atoms with Crippen LogP contribution in [0, 0.1) is 0 Å². The summed E-state index contributed by atoms with van der Waals surface area (Å²) in [6.45, 7) is 3.60. The molecular weight excluding hydrogens is 190 g/mol. The molecule has 3 nitrogen and oxygen atoms in total. The first kappa shape index (κ1) is 11.6. The highest BCUT2D eigenvalue weighted by atomic mass is 35.5. The molecule has 0 unspecified atom stereocenters. The summed E-state index contributed by atoms with van der Waals surface area (Å²) in [5, 5.41) is 7.59. The van der Waals surface area contributed by atoms with E-state index in [1.165, 1.54) is 0 Å². The van der Waals surface area contributed by atoms with Crippen LogP contribution in [0.3, 0.4) is 0 Å². The maximum Gasteiger partial charge on any atom is 0.318 e. The van der Waals surface area contributed by atoms with Gasteiger partial charge in [0.25, 0.3) is 0 Å². The normalized spacial score (nSPS) is 8.08. The molecule has 0 aliphatic carbocycles. The highest BCUT2D eigenvalue weighted by Crippen LogP contribution is 1.94. The Labute approximate surface area is 81.7 Å². The van der Waals surface area contributed by atoms with Crippen LogP contribution in [0.1, 0.15) is 5.56 Å². The largest absolute Gasteiger partial charge is 0.480 e. The summed E-state index contributed by atoms with van der Waals surface area (Å²) in [4.78, 5) is 13.1. The van der Waals surface area contributed by atoms with Crippen molar-refractivity contribution >= 4 is 23.6 Å². The highest BCUT2D eigenvalue weighted by molar-refractivity contribution is 6.26. The Morgan fingerprint density at radius 1 is 1.62 bits per heavy atom. The first-order valence-corrected chi connectivity index (χ1v) is 4.04. The molecule has 1 rings (SSSR count). The minimum atomic E-state index is -0.980. The zero-order valence-corrected chi connectivity index (χ0v) is 7.74. The quantitative estimate of drug-likeness (QED) is 0.742. The average Bonchev–Trinajstić information content (AvgIpc) is 2.20. The SMILES string of the molecule is C=Cc1ccncc1.O=C(O)CCl. The van der Waals surface area contributed by atoms with Crippen LogP contribution in [0.25, 0.3) is 6.08 Å². The predicted octanol–water partition coefficient (Wildman–Crippen LogP) is 2.03. The van der Waals surface area contributed by atoms with E-state index in [0.29, 0.717) is 0 Å². The van der Waals surface area contributed by atoms with E-state index in [9.17, 15) is 4.79 Å². The lowest BCUT2D eigenvalue weighted by molar-refractivity contribution is -0.134. The zero-order valence-electron chi connectivity index (χ0n) is 6.98. The second-order valence-electron chi connectivity index (χ2n) is 2.01. The molecule has 13 heavy (non-hydrogen) atoms. The highest BCUT2D eigenvalue weighted by Gasteiger charge is 1.83. The van der Waals surface area contributed by atoms with Crippen LogP contribution in [0.2, 0.25) is 0 Å². The van der Waals surface area contributed by atoms with Gasteiger partial charge in [0.05, 0.1) is 0 Å². The zero-order chi connectivity index (χ0) is 10.1. The first-order chi connectivity index (χ1) is 6.20. The van der Waals surface area contributed by atoms with Crippen LogP contribution in [0.5, 0.6) is 0 Å². The van der Waals surface area contributed by atoms with Crippen LogP contribution in [0.15, 0.2) is 31.1 Å². The van der Waals surface area contributed by atoms with Crippen molar-refractivity contribution in [2.75, 3.05) is 5.88 Å². The molecule has 0 spiro atoms. The molecule has 1 aromatic heterocycles. The Balaban J connectivity index is 0.000000252. The summed E-state index contributed by atoms with van der Waals surface area (Å²) in [7, 11) is 0. The Kier molecular flexibility index (Phi) is 6.55. The van der Waals surface area contributed by atoms with Gasteiger partial charge in [-0.25, -0.2) is 0 Å². The number of aromatic nitrogens is 1. The summed E-state index contributed by atoms with van der Waals surface area (Å²) < 4.78 is 0.